The molecule has 1 amide bonds. The highest BCUT2D eigenvalue weighted by Crippen LogP contribution is 2.30. The van der Waals surface area contributed by atoms with Gasteiger partial charge in [0.05, 0.1) is 5.54 Å². The van der Waals surface area contributed by atoms with E-state index in [4.69, 9.17) is 0 Å². The minimum absolute atomic E-state index is 0.00687. The van der Waals surface area contributed by atoms with Gasteiger partial charge in [-0.25, -0.2) is 8.42 Å². The number of nitrogens with one attached hydrogen (secondary N) is 1. The van der Waals surface area contributed by atoms with Crippen LogP contribution in [0.5, 0.6) is 0 Å². The minimum atomic E-state index is -3.23. The van der Waals surface area contributed by atoms with Crippen LogP contribution in [-0.4, -0.2) is 61.0 Å². The minimum Gasteiger partial charge on any atom is -0.322 e. The molecule has 0 spiro atoms. The molecule has 116 valence electrons. The van der Waals surface area contributed by atoms with Crippen molar-refractivity contribution in [3.63, 3.8) is 0 Å². The second-order valence-corrected chi connectivity index (χ2v) is 9.07. The molecule has 2 atom stereocenters. The van der Waals surface area contributed by atoms with Gasteiger partial charge in [-0.15, -0.1) is 0 Å². The van der Waals surface area contributed by atoms with Gasteiger partial charge in [0.2, 0.25) is 5.91 Å². The largest absolute Gasteiger partial charge is 0.322 e. The lowest BCUT2D eigenvalue weighted by Gasteiger charge is -2.40. The van der Waals surface area contributed by atoms with Crippen LogP contribution in [0.3, 0.4) is 0 Å². The number of amides is 1. The topological polar surface area (TPSA) is 66.5 Å². The summed E-state index contributed by atoms with van der Waals surface area (Å²) in [5, 5.41) is 2.69. The molecule has 20 heavy (non-hydrogen) atoms. The number of carbonyl (C=O) groups excluding carboxylic acids is 1. The number of carbonyl (C=O) groups is 1. The van der Waals surface area contributed by atoms with Crippen molar-refractivity contribution in [3.05, 3.63) is 0 Å². The SMILES string of the molecule is CCCC1(C(=O)N2CCSCC2S(C)(=O)=O)CCCN1. The third kappa shape index (κ3) is 3.14. The number of nitrogens with zero attached hydrogens (tertiary/aromatic N) is 1. The summed E-state index contributed by atoms with van der Waals surface area (Å²) in [6.07, 6.45) is 4.74. The van der Waals surface area contributed by atoms with E-state index in [0.717, 1.165) is 38.0 Å². The molecular formula is C13H24N2O3S2. The van der Waals surface area contributed by atoms with Crippen molar-refractivity contribution in [2.24, 2.45) is 0 Å². The van der Waals surface area contributed by atoms with Crippen molar-refractivity contribution in [1.29, 1.82) is 0 Å². The Hall–Kier alpha value is -0.270. The van der Waals surface area contributed by atoms with Crippen LogP contribution in [0, 0.1) is 0 Å². The van der Waals surface area contributed by atoms with Crippen molar-refractivity contribution in [2.45, 2.75) is 43.5 Å². The number of thioether (sulfide) groups is 1. The molecule has 2 aliphatic heterocycles. The molecule has 5 nitrogen and oxygen atoms in total. The van der Waals surface area contributed by atoms with E-state index in [1.54, 1.807) is 16.7 Å². The summed E-state index contributed by atoms with van der Waals surface area (Å²) in [4.78, 5) is 14.6. The maximum Gasteiger partial charge on any atom is 0.243 e. The Morgan fingerprint density at radius 1 is 1.50 bits per heavy atom. The number of rotatable bonds is 4. The van der Waals surface area contributed by atoms with Gasteiger partial charge in [-0.05, 0) is 25.8 Å². The van der Waals surface area contributed by atoms with E-state index < -0.39 is 20.8 Å². The summed E-state index contributed by atoms with van der Waals surface area (Å²) < 4.78 is 23.9. The van der Waals surface area contributed by atoms with Crippen LogP contribution < -0.4 is 5.32 Å². The van der Waals surface area contributed by atoms with Gasteiger partial charge in [-0.1, -0.05) is 13.3 Å². The maximum atomic E-state index is 13.0. The average Bonchev–Trinajstić information content (AvgIpc) is 2.87. The average molecular weight is 320 g/mol. The first-order valence-electron chi connectivity index (χ1n) is 7.23. The normalized spacial score (nSPS) is 31.5. The van der Waals surface area contributed by atoms with E-state index in [0.29, 0.717) is 12.3 Å². The monoisotopic (exact) mass is 320 g/mol. The molecule has 0 aromatic heterocycles. The molecular weight excluding hydrogens is 296 g/mol. The van der Waals surface area contributed by atoms with Crippen molar-refractivity contribution >= 4 is 27.5 Å². The third-order valence-corrected chi connectivity index (χ3v) is 6.81. The van der Waals surface area contributed by atoms with Gasteiger partial charge in [0.25, 0.3) is 0 Å². The number of hydrogen-bond acceptors (Lipinski definition) is 5. The maximum absolute atomic E-state index is 13.0. The molecule has 0 saturated carbocycles. The van der Waals surface area contributed by atoms with Crippen LogP contribution in [0.15, 0.2) is 0 Å². The van der Waals surface area contributed by atoms with Crippen molar-refractivity contribution in [2.75, 3.05) is 30.9 Å². The zero-order valence-electron chi connectivity index (χ0n) is 12.2. The Labute approximate surface area is 125 Å². The van der Waals surface area contributed by atoms with E-state index in [9.17, 15) is 13.2 Å². The van der Waals surface area contributed by atoms with Crippen molar-refractivity contribution < 1.29 is 13.2 Å². The molecule has 0 aromatic carbocycles. The summed E-state index contributed by atoms with van der Waals surface area (Å²) in [7, 11) is -3.23. The highest BCUT2D eigenvalue weighted by atomic mass is 32.2. The van der Waals surface area contributed by atoms with Gasteiger partial charge in [0.1, 0.15) is 5.37 Å². The van der Waals surface area contributed by atoms with Crippen molar-refractivity contribution in [1.82, 2.24) is 10.2 Å². The second-order valence-electron chi connectivity index (χ2n) is 5.72. The highest BCUT2D eigenvalue weighted by Gasteiger charge is 2.46. The molecule has 2 heterocycles. The molecule has 2 aliphatic rings. The zero-order chi connectivity index (χ0) is 14.8. The lowest BCUT2D eigenvalue weighted by atomic mass is 9.90. The molecule has 2 fully saturated rings. The predicted molar refractivity (Wildman–Crippen MR) is 82.5 cm³/mol. The lowest BCUT2D eigenvalue weighted by Crippen LogP contribution is -2.60. The molecule has 0 aliphatic carbocycles. The van der Waals surface area contributed by atoms with E-state index in [1.807, 2.05) is 0 Å². The van der Waals surface area contributed by atoms with E-state index in [1.165, 1.54) is 6.26 Å². The van der Waals surface area contributed by atoms with Gasteiger partial charge in [0, 0.05) is 24.3 Å². The summed E-state index contributed by atoms with van der Waals surface area (Å²) in [6, 6.07) is 0. The molecule has 7 heteroatoms. The molecule has 0 radical (unpaired) electrons. The molecule has 2 saturated heterocycles. The van der Waals surface area contributed by atoms with Crippen LogP contribution in [0.2, 0.25) is 0 Å². The standard InChI is InChI=1S/C13H24N2O3S2/c1-3-5-13(6-4-7-14-13)12(16)15-8-9-19-10-11(15)20(2,17)18/h11,14H,3-10H2,1-2H3. The molecule has 0 aromatic rings. The zero-order valence-corrected chi connectivity index (χ0v) is 13.9. The van der Waals surface area contributed by atoms with Crippen LogP contribution in [-0.2, 0) is 14.6 Å². The highest BCUT2D eigenvalue weighted by molar-refractivity contribution is 8.00. The smallest absolute Gasteiger partial charge is 0.243 e. The first-order chi connectivity index (χ1) is 9.41. The molecule has 2 unspecified atom stereocenters. The summed E-state index contributed by atoms with van der Waals surface area (Å²) in [5.74, 6) is 1.31. The van der Waals surface area contributed by atoms with Crippen LogP contribution in [0.4, 0.5) is 0 Å². The predicted octanol–water partition coefficient (Wildman–Crippen LogP) is 0.855. The summed E-state index contributed by atoms with van der Waals surface area (Å²) in [6.45, 7) is 3.45. The first-order valence-corrected chi connectivity index (χ1v) is 10.3. The van der Waals surface area contributed by atoms with E-state index in [2.05, 4.69) is 12.2 Å². The summed E-state index contributed by atoms with van der Waals surface area (Å²) in [5.41, 5.74) is -0.528. The quantitative estimate of drug-likeness (QED) is 0.832. The second kappa shape index (κ2) is 6.23. The van der Waals surface area contributed by atoms with Crippen molar-refractivity contribution in [3.8, 4) is 0 Å². The van der Waals surface area contributed by atoms with Crippen LogP contribution >= 0.6 is 11.8 Å². The number of hydrogen-bond donors (Lipinski definition) is 1. The summed E-state index contributed by atoms with van der Waals surface area (Å²) >= 11 is 1.61. The van der Waals surface area contributed by atoms with E-state index >= 15 is 0 Å². The van der Waals surface area contributed by atoms with Gasteiger partial charge in [-0.2, -0.15) is 11.8 Å². The van der Waals surface area contributed by atoms with Crippen LogP contribution in [0.1, 0.15) is 32.6 Å². The molecule has 1 N–H and O–H groups in total. The Bertz CT molecular complexity index is 458. The lowest BCUT2D eigenvalue weighted by molar-refractivity contribution is -0.138. The fourth-order valence-corrected chi connectivity index (χ4v) is 5.99. The Kier molecular flexibility index (Phi) is 5.02. The Morgan fingerprint density at radius 2 is 2.25 bits per heavy atom. The Balaban J connectivity index is 2.24. The molecule has 0 bridgehead atoms. The van der Waals surface area contributed by atoms with Gasteiger partial charge in [0.15, 0.2) is 9.84 Å². The van der Waals surface area contributed by atoms with Gasteiger partial charge in [-0.3, -0.25) is 4.79 Å². The molecule has 2 rings (SSSR count). The third-order valence-electron chi connectivity index (χ3n) is 4.17. The van der Waals surface area contributed by atoms with Gasteiger partial charge >= 0.3 is 0 Å². The Morgan fingerprint density at radius 3 is 2.80 bits per heavy atom. The van der Waals surface area contributed by atoms with Crippen LogP contribution in [0.25, 0.3) is 0 Å². The first kappa shape index (κ1) is 16.1. The fraction of sp³-hybridized carbons (Fsp3) is 0.923. The fourth-order valence-electron chi connectivity index (χ4n) is 3.18. The number of sulfone groups is 1. The van der Waals surface area contributed by atoms with E-state index in [-0.39, 0.29) is 5.91 Å². The van der Waals surface area contributed by atoms with Gasteiger partial charge < -0.3 is 10.2 Å².